The topological polar surface area (TPSA) is 58.4 Å². The van der Waals surface area contributed by atoms with Crippen LogP contribution in [0.15, 0.2) is 12.1 Å². The van der Waals surface area contributed by atoms with Crippen molar-refractivity contribution in [2.75, 3.05) is 24.5 Å². The number of hydrogen-bond acceptors (Lipinski definition) is 4. The number of nitro benzene ring substituents is 1. The van der Waals surface area contributed by atoms with Crippen LogP contribution in [-0.4, -0.2) is 30.6 Å². The van der Waals surface area contributed by atoms with Crippen LogP contribution in [0, 0.1) is 21.8 Å². The molecule has 1 aromatic rings. The second kappa shape index (κ2) is 5.18. The van der Waals surface area contributed by atoms with Gasteiger partial charge in [0.15, 0.2) is 0 Å². The van der Waals surface area contributed by atoms with E-state index in [1.54, 1.807) is 0 Å². The van der Waals surface area contributed by atoms with Crippen LogP contribution in [0.4, 0.5) is 15.8 Å². The normalized spacial score (nSPS) is 25.6. The predicted molar refractivity (Wildman–Crippen MR) is 74.8 cm³/mol. The van der Waals surface area contributed by atoms with Crippen molar-refractivity contribution in [2.45, 2.75) is 18.9 Å². The molecule has 5 nitrogen and oxygen atoms in total. The Kier molecular flexibility index (Phi) is 3.52. The fourth-order valence-electron chi connectivity index (χ4n) is 3.17. The zero-order valence-electron chi connectivity index (χ0n) is 10.8. The van der Waals surface area contributed by atoms with Gasteiger partial charge in [0.1, 0.15) is 11.5 Å². The van der Waals surface area contributed by atoms with Crippen molar-refractivity contribution in [1.82, 2.24) is 5.32 Å². The number of hydrogen-bond donors (Lipinski definition) is 1. The minimum atomic E-state index is -0.616. The van der Waals surface area contributed by atoms with E-state index in [2.05, 4.69) is 5.32 Å². The standard InChI is InChI=1S/C13H15ClFN3O2/c14-9-4-13(18(19)20)12(5-10(9)15)17-6-8-2-1-3-16-11(8)7-17/h4-5,8,11,16H,1-3,6-7H2/t8-,11+/m0/s1. The molecule has 0 amide bonds. The molecule has 7 heteroatoms. The first-order valence-electron chi connectivity index (χ1n) is 6.68. The number of nitrogens with zero attached hydrogens (tertiary/aromatic N) is 2. The highest BCUT2D eigenvalue weighted by atomic mass is 35.5. The van der Waals surface area contributed by atoms with E-state index in [4.69, 9.17) is 11.6 Å². The van der Waals surface area contributed by atoms with E-state index in [1.165, 1.54) is 6.07 Å². The molecule has 2 aliphatic rings. The third-order valence-corrected chi connectivity index (χ3v) is 4.44. The maximum atomic E-state index is 13.6. The van der Waals surface area contributed by atoms with Crippen molar-refractivity contribution in [3.8, 4) is 0 Å². The number of rotatable bonds is 2. The Morgan fingerprint density at radius 1 is 1.45 bits per heavy atom. The van der Waals surface area contributed by atoms with E-state index in [0.29, 0.717) is 24.2 Å². The van der Waals surface area contributed by atoms with E-state index in [0.717, 1.165) is 32.0 Å². The zero-order chi connectivity index (χ0) is 14.3. The maximum Gasteiger partial charge on any atom is 0.294 e. The average Bonchev–Trinajstić information content (AvgIpc) is 2.84. The Labute approximate surface area is 120 Å². The molecule has 2 heterocycles. The second-order valence-corrected chi connectivity index (χ2v) is 5.79. The third kappa shape index (κ3) is 2.33. The lowest BCUT2D eigenvalue weighted by molar-refractivity contribution is -0.384. The number of benzene rings is 1. The molecule has 0 spiro atoms. The van der Waals surface area contributed by atoms with Crippen molar-refractivity contribution in [1.29, 1.82) is 0 Å². The first-order valence-corrected chi connectivity index (χ1v) is 7.06. The number of nitro groups is 1. The molecule has 20 heavy (non-hydrogen) atoms. The Morgan fingerprint density at radius 3 is 2.95 bits per heavy atom. The number of piperidine rings is 1. The fraction of sp³-hybridized carbons (Fsp3) is 0.538. The molecule has 0 radical (unpaired) electrons. The molecular weight excluding hydrogens is 285 g/mol. The Hall–Kier alpha value is -1.40. The molecule has 2 aliphatic heterocycles. The van der Waals surface area contributed by atoms with Crippen LogP contribution in [0.2, 0.25) is 5.02 Å². The van der Waals surface area contributed by atoms with Crippen LogP contribution in [0.3, 0.4) is 0 Å². The van der Waals surface area contributed by atoms with Gasteiger partial charge in [0.05, 0.1) is 9.95 Å². The first kappa shape index (κ1) is 13.6. The van der Waals surface area contributed by atoms with Gasteiger partial charge in [0, 0.05) is 31.3 Å². The highest BCUT2D eigenvalue weighted by molar-refractivity contribution is 6.31. The van der Waals surface area contributed by atoms with Gasteiger partial charge in [0.25, 0.3) is 5.69 Å². The van der Waals surface area contributed by atoms with Crippen LogP contribution in [0.5, 0.6) is 0 Å². The quantitative estimate of drug-likeness (QED) is 0.673. The highest BCUT2D eigenvalue weighted by Gasteiger charge is 2.36. The van der Waals surface area contributed by atoms with Gasteiger partial charge in [-0.25, -0.2) is 4.39 Å². The molecule has 2 atom stereocenters. The summed E-state index contributed by atoms with van der Waals surface area (Å²) >= 11 is 5.65. The van der Waals surface area contributed by atoms with Gasteiger partial charge in [-0.15, -0.1) is 0 Å². The minimum absolute atomic E-state index is 0.130. The van der Waals surface area contributed by atoms with Crippen molar-refractivity contribution in [2.24, 2.45) is 5.92 Å². The smallest absolute Gasteiger partial charge is 0.294 e. The van der Waals surface area contributed by atoms with Crippen LogP contribution in [0.25, 0.3) is 0 Å². The summed E-state index contributed by atoms with van der Waals surface area (Å²) in [7, 11) is 0. The summed E-state index contributed by atoms with van der Waals surface area (Å²) in [5.74, 6) is -0.141. The van der Waals surface area contributed by atoms with E-state index in [-0.39, 0.29) is 10.7 Å². The van der Waals surface area contributed by atoms with Crippen molar-refractivity contribution >= 4 is 23.0 Å². The Morgan fingerprint density at radius 2 is 2.25 bits per heavy atom. The molecule has 1 aromatic carbocycles. The van der Waals surface area contributed by atoms with Crippen LogP contribution < -0.4 is 10.2 Å². The van der Waals surface area contributed by atoms with Gasteiger partial charge in [0.2, 0.25) is 0 Å². The third-order valence-electron chi connectivity index (χ3n) is 4.15. The summed E-state index contributed by atoms with van der Waals surface area (Å²) in [6.45, 7) is 2.37. The van der Waals surface area contributed by atoms with Gasteiger partial charge in [-0.2, -0.15) is 0 Å². The van der Waals surface area contributed by atoms with Gasteiger partial charge in [-0.05, 0) is 25.3 Å². The molecular formula is C13H15ClFN3O2. The van der Waals surface area contributed by atoms with E-state index >= 15 is 0 Å². The number of halogens is 2. The molecule has 0 unspecified atom stereocenters. The lowest BCUT2D eigenvalue weighted by Crippen LogP contribution is -2.40. The van der Waals surface area contributed by atoms with E-state index in [1.807, 2.05) is 4.90 Å². The maximum absolute atomic E-state index is 13.6. The lowest BCUT2D eigenvalue weighted by atomic mass is 9.94. The van der Waals surface area contributed by atoms with Crippen LogP contribution >= 0.6 is 11.6 Å². The SMILES string of the molecule is O=[N+]([O-])c1cc(Cl)c(F)cc1N1C[C@@H]2CCCN[C@@H]2C1. The number of anilines is 1. The van der Waals surface area contributed by atoms with Crippen molar-refractivity contribution < 1.29 is 9.31 Å². The molecule has 0 aliphatic carbocycles. The molecule has 2 fully saturated rings. The molecule has 0 bridgehead atoms. The molecule has 1 N–H and O–H groups in total. The summed E-state index contributed by atoms with van der Waals surface area (Å²) in [5.41, 5.74) is 0.197. The lowest BCUT2D eigenvalue weighted by Gasteiger charge is -2.24. The number of nitrogens with one attached hydrogen (secondary N) is 1. The minimum Gasteiger partial charge on any atom is -0.364 e. The van der Waals surface area contributed by atoms with Crippen molar-refractivity contribution in [3.05, 3.63) is 33.1 Å². The first-order chi connectivity index (χ1) is 9.56. The molecule has 0 aromatic heterocycles. The molecule has 108 valence electrons. The van der Waals surface area contributed by atoms with Crippen LogP contribution in [0.1, 0.15) is 12.8 Å². The zero-order valence-corrected chi connectivity index (χ0v) is 11.6. The van der Waals surface area contributed by atoms with Gasteiger partial charge >= 0.3 is 0 Å². The monoisotopic (exact) mass is 299 g/mol. The molecule has 0 saturated carbocycles. The Balaban J connectivity index is 1.93. The Bertz CT molecular complexity index is 541. The number of fused-ring (bicyclic) bond motifs is 1. The summed E-state index contributed by atoms with van der Waals surface area (Å²) < 4.78 is 13.6. The van der Waals surface area contributed by atoms with Gasteiger partial charge in [-0.1, -0.05) is 11.6 Å². The average molecular weight is 300 g/mol. The van der Waals surface area contributed by atoms with Crippen molar-refractivity contribution in [3.63, 3.8) is 0 Å². The molecule has 3 rings (SSSR count). The summed E-state index contributed by atoms with van der Waals surface area (Å²) in [6.07, 6.45) is 2.23. The van der Waals surface area contributed by atoms with E-state index < -0.39 is 10.7 Å². The predicted octanol–water partition coefficient (Wildman–Crippen LogP) is 2.58. The van der Waals surface area contributed by atoms with Gasteiger partial charge < -0.3 is 10.2 Å². The summed E-state index contributed by atoms with van der Waals surface area (Å²) in [5, 5.41) is 14.3. The van der Waals surface area contributed by atoms with Crippen LogP contribution in [-0.2, 0) is 0 Å². The van der Waals surface area contributed by atoms with Gasteiger partial charge in [-0.3, -0.25) is 10.1 Å². The molecule has 2 saturated heterocycles. The second-order valence-electron chi connectivity index (χ2n) is 5.38. The highest BCUT2D eigenvalue weighted by Crippen LogP contribution is 2.37. The van der Waals surface area contributed by atoms with E-state index in [9.17, 15) is 14.5 Å². The fourth-order valence-corrected chi connectivity index (χ4v) is 3.33. The largest absolute Gasteiger partial charge is 0.364 e. The summed E-state index contributed by atoms with van der Waals surface area (Å²) in [4.78, 5) is 12.5. The summed E-state index contributed by atoms with van der Waals surface area (Å²) in [6, 6.07) is 2.61.